The van der Waals surface area contributed by atoms with Crippen LogP contribution in [0.15, 0.2) is 24.3 Å². The lowest BCUT2D eigenvalue weighted by Gasteiger charge is -2.17. The fraction of sp³-hybridized carbons (Fsp3) is 0.632. The van der Waals surface area contributed by atoms with Gasteiger partial charge in [-0.1, -0.05) is 64.5 Å². The summed E-state index contributed by atoms with van der Waals surface area (Å²) in [6.45, 7) is 4.85. The average Bonchev–Trinajstić information content (AvgIpc) is 2.53. The molecule has 1 aromatic carbocycles. The number of unbranched alkanes of at least 4 members (excludes halogenated alkanes) is 4. The third kappa shape index (κ3) is 6.97. The van der Waals surface area contributed by atoms with E-state index in [1.807, 2.05) is 0 Å². The Kier molecular flexibility index (Phi) is 9.36. The lowest BCUT2D eigenvalue weighted by molar-refractivity contribution is 0.0419. The number of hydrogen-bond acceptors (Lipinski definition) is 3. The molecule has 0 saturated heterocycles. The monoisotopic (exact) mass is 306 g/mol. The van der Waals surface area contributed by atoms with Gasteiger partial charge in [0, 0.05) is 0 Å². The summed E-state index contributed by atoms with van der Waals surface area (Å²) in [7, 11) is 0. The normalized spacial score (nSPS) is 12.1. The molecule has 0 aliphatic carbocycles. The van der Waals surface area contributed by atoms with E-state index in [1.54, 1.807) is 18.2 Å². The van der Waals surface area contributed by atoms with E-state index in [0.717, 1.165) is 12.8 Å². The van der Waals surface area contributed by atoms with E-state index in [-0.39, 0.29) is 11.3 Å². The van der Waals surface area contributed by atoms with Crippen molar-refractivity contribution >= 4 is 5.97 Å². The van der Waals surface area contributed by atoms with Crippen LogP contribution in [0, 0.1) is 5.92 Å². The van der Waals surface area contributed by atoms with Crippen LogP contribution in [0.1, 0.15) is 75.6 Å². The van der Waals surface area contributed by atoms with Crippen molar-refractivity contribution in [3.63, 3.8) is 0 Å². The van der Waals surface area contributed by atoms with Crippen LogP contribution in [0.4, 0.5) is 0 Å². The Morgan fingerprint density at radius 2 is 1.73 bits per heavy atom. The number of ether oxygens (including phenoxy) is 1. The average molecular weight is 306 g/mol. The SMILES string of the molecule is CCCCCCC(CCCC)COC(=O)c1ccccc1O. The highest BCUT2D eigenvalue weighted by Gasteiger charge is 2.15. The topological polar surface area (TPSA) is 46.5 Å². The Labute approximate surface area is 134 Å². The second-order valence-electron chi connectivity index (χ2n) is 5.97. The van der Waals surface area contributed by atoms with Gasteiger partial charge in [-0.2, -0.15) is 0 Å². The van der Waals surface area contributed by atoms with Gasteiger partial charge in [-0.25, -0.2) is 4.79 Å². The molecule has 0 aliphatic rings. The van der Waals surface area contributed by atoms with Crippen molar-refractivity contribution in [2.75, 3.05) is 6.61 Å². The number of hydrogen-bond donors (Lipinski definition) is 1. The molecule has 124 valence electrons. The number of phenols is 1. The van der Waals surface area contributed by atoms with Gasteiger partial charge in [-0.05, 0) is 30.9 Å². The molecule has 1 N–H and O–H groups in total. The Hall–Kier alpha value is -1.51. The molecule has 0 saturated carbocycles. The van der Waals surface area contributed by atoms with E-state index >= 15 is 0 Å². The van der Waals surface area contributed by atoms with Gasteiger partial charge in [0.25, 0.3) is 0 Å². The number of carbonyl (C=O) groups excluding carboxylic acids is 1. The summed E-state index contributed by atoms with van der Waals surface area (Å²) < 4.78 is 5.43. The summed E-state index contributed by atoms with van der Waals surface area (Å²) in [4.78, 5) is 12.0. The van der Waals surface area contributed by atoms with Crippen LogP contribution in [0.2, 0.25) is 0 Å². The lowest BCUT2D eigenvalue weighted by atomic mass is 9.96. The molecule has 22 heavy (non-hydrogen) atoms. The van der Waals surface area contributed by atoms with E-state index in [1.165, 1.54) is 44.6 Å². The number of benzene rings is 1. The zero-order valence-corrected chi connectivity index (χ0v) is 14.0. The van der Waals surface area contributed by atoms with E-state index in [4.69, 9.17) is 4.74 Å². The molecule has 1 unspecified atom stereocenters. The number of rotatable bonds is 11. The molecule has 0 spiro atoms. The first-order valence-electron chi connectivity index (χ1n) is 8.64. The first-order chi connectivity index (χ1) is 10.7. The summed E-state index contributed by atoms with van der Waals surface area (Å²) in [5, 5.41) is 9.69. The first kappa shape index (κ1) is 18.5. The molecule has 0 aliphatic heterocycles. The van der Waals surface area contributed by atoms with Crippen LogP contribution in [-0.2, 0) is 4.74 Å². The molecule has 0 aromatic heterocycles. The van der Waals surface area contributed by atoms with Crippen molar-refractivity contribution in [2.24, 2.45) is 5.92 Å². The van der Waals surface area contributed by atoms with Crippen molar-refractivity contribution in [1.29, 1.82) is 0 Å². The standard InChI is InChI=1S/C19H30O3/c1-3-5-7-8-12-16(11-6-4-2)15-22-19(21)17-13-9-10-14-18(17)20/h9-10,13-14,16,20H,3-8,11-12,15H2,1-2H3. The number of carbonyl (C=O) groups is 1. The molecule has 0 heterocycles. The molecule has 1 rings (SSSR count). The maximum atomic E-state index is 12.0. The fourth-order valence-corrected chi connectivity index (χ4v) is 2.58. The first-order valence-corrected chi connectivity index (χ1v) is 8.64. The molecule has 0 fully saturated rings. The third-order valence-corrected chi connectivity index (χ3v) is 4.01. The molecule has 0 radical (unpaired) electrons. The Morgan fingerprint density at radius 3 is 2.41 bits per heavy atom. The van der Waals surface area contributed by atoms with Crippen LogP contribution in [-0.4, -0.2) is 17.7 Å². The van der Waals surface area contributed by atoms with Gasteiger partial charge < -0.3 is 9.84 Å². The second-order valence-corrected chi connectivity index (χ2v) is 5.97. The molecule has 0 bridgehead atoms. The van der Waals surface area contributed by atoms with Crippen molar-refractivity contribution < 1.29 is 14.6 Å². The van der Waals surface area contributed by atoms with Gasteiger partial charge in [0.1, 0.15) is 11.3 Å². The molecular weight excluding hydrogens is 276 g/mol. The van der Waals surface area contributed by atoms with Crippen molar-refractivity contribution in [3.05, 3.63) is 29.8 Å². The van der Waals surface area contributed by atoms with Crippen LogP contribution >= 0.6 is 0 Å². The van der Waals surface area contributed by atoms with Crippen LogP contribution in [0.5, 0.6) is 5.75 Å². The zero-order valence-electron chi connectivity index (χ0n) is 14.0. The van der Waals surface area contributed by atoms with E-state index in [9.17, 15) is 9.90 Å². The molecule has 0 amide bonds. The summed E-state index contributed by atoms with van der Waals surface area (Å²) in [5.41, 5.74) is 0.253. The highest BCUT2D eigenvalue weighted by atomic mass is 16.5. The number of esters is 1. The van der Waals surface area contributed by atoms with Crippen molar-refractivity contribution in [2.45, 2.75) is 65.2 Å². The predicted molar refractivity (Wildman–Crippen MR) is 90.2 cm³/mol. The van der Waals surface area contributed by atoms with Crippen LogP contribution in [0.25, 0.3) is 0 Å². The largest absolute Gasteiger partial charge is 0.507 e. The third-order valence-electron chi connectivity index (χ3n) is 4.01. The lowest BCUT2D eigenvalue weighted by Crippen LogP contribution is -2.15. The van der Waals surface area contributed by atoms with Gasteiger partial charge in [-0.3, -0.25) is 0 Å². The Morgan fingerprint density at radius 1 is 1.05 bits per heavy atom. The van der Waals surface area contributed by atoms with Crippen LogP contribution in [0.3, 0.4) is 0 Å². The van der Waals surface area contributed by atoms with E-state index < -0.39 is 5.97 Å². The minimum Gasteiger partial charge on any atom is -0.507 e. The molecular formula is C19H30O3. The zero-order chi connectivity index (χ0) is 16.2. The van der Waals surface area contributed by atoms with Gasteiger partial charge >= 0.3 is 5.97 Å². The number of para-hydroxylation sites is 1. The summed E-state index contributed by atoms with van der Waals surface area (Å²) in [6.07, 6.45) is 9.54. The van der Waals surface area contributed by atoms with Crippen molar-refractivity contribution in [3.8, 4) is 5.75 Å². The predicted octanol–water partition coefficient (Wildman–Crippen LogP) is 5.33. The van der Waals surface area contributed by atoms with Gasteiger partial charge in [0.05, 0.1) is 6.61 Å². The Bertz CT molecular complexity index is 428. The fourth-order valence-electron chi connectivity index (χ4n) is 2.58. The number of aromatic hydroxyl groups is 1. The minimum atomic E-state index is -0.423. The van der Waals surface area contributed by atoms with Gasteiger partial charge in [0.15, 0.2) is 0 Å². The van der Waals surface area contributed by atoms with E-state index in [2.05, 4.69) is 13.8 Å². The Balaban J connectivity index is 2.44. The maximum absolute atomic E-state index is 12.0. The second kappa shape index (κ2) is 11.1. The summed E-state index contributed by atoms with van der Waals surface area (Å²) in [6, 6.07) is 6.54. The van der Waals surface area contributed by atoms with Gasteiger partial charge in [-0.15, -0.1) is 0 Å². The highest BCUT2D eigenvalue weighted by molar-refractivity contribution is 5.92. The molecule has 1 atom stereocenters. The maximum Gasteiger partial charge on any atom is 0.341 e. The highest BCUT2D eigenvalue weighted by Crippen LogP contribution is 2.20. The smallest absolute Gasteiger partial charge is 0.341 e. The molecule has 1 aromatic rings. The number of phenolic OH excluding ortho intramolecular Hbond substituents is 1. The minimum absolute atomic E-state index is 0.0134. The van der Waals surface area contributed by atoms with Crippen LogP contribution < -0.4 is 0 Å². The summed E-state index contributed by atoms with van der Waals surface area (Å²) >= 11 is 0. The molecule has 3 nitrogen and oxygen atoms in total. The van der Waals surface area contributed by atoms with Gasteiger partial charge in [0.2, 0.25) is 0 Å². The summed E-state index contributed by atoms with van der Waals surface area (Å²) in [5.74, 6) is 0.000298. The van der Waals surface area contributed by atoms with E-state index in [0.29, 0.717) is 12.5 Å². The quantitative estimate of drug-likeness (QED) is 0.444. The molecule has 3 heteroatoms. The van der Waals surface area contributed by atoms with Crippen molar-refractivity contribution in [1.82, 2.24) is 0 Å².